The van der Waals surface area contributed by atoms with Gasteiger partial charge >= 0.3 is 0 Å². The number of aromatic nitrogens is 3. The molecule has 0 aliphatic carbocycles. The normalized spacial score (nSPS) is 10.9. The molecule has 0 unspecified atom stereocenters. The number of amides is 2. The quantitative estimate of drug-likeness (QED) is 0.883. The van der Waals surface area contributed by atoms with E-state index >= 15 is 0 Å². The van der Waals surface area contributed by atoms with E-state index in [-0.39, 0.29) is 22.6 Å². The van der Waals surface area contributed by atoms with Crippen molar-refractivity contribution in [2.24, 2.45) is 0 Å². The molecule has 0 saturated carbocycles. The van der Waals surface area contributed by atoms with Gasteiger partial charge in [-0.1, -0.05) is 11.6 Å². The van der Waals surface area contributed by atoms with Crippen LogP contribution in [0.4, 0.5) is 14.5 Å². The number of halogens is 3. The number of carbonyl (C=O) groups is 2. The van der Waals surface area contributed by atoms with Crippen LogP contribution in [-0.4, -0.2) is 45.6 Å². The van der Waals surface area contributed by atoms with Crippen molar-refractivity contribution in [3.8, 4) is 0 Å². The molecule has 2 amide bonds. The van der Waals surface area contributed by atoms with Crippen LogP contribution in [0, 0.1) is 0 Å². The average molecular weight is 364 g/mol. The maximum Gasteiger partial charge on any atom is 0.284 e. The molecular formula is C12H12ClF2N5O2S. The van der Waals surface area contributed by atoms with Gasteiger partial charge in [0.15, 0.2) is 5.01 Å². The molecule has 0 aliphatic rings. The Morgan fingerprint density at radius 1 is 1.48 bits per heavy atom. The standard InChI is InChI=1S/C12H12ClF2N5O2S/c1-19(2)7(21)5-20-4-6(3-16-20)17-11(22)12-18-9(13)8(23-12)10(14)15/h3-4,10H,5H2,1-2H3,(H,17,22). The minimum absolute atomic E-state index is 0.0154. The van der Waals surface area contributed by atoms with Gasteiger partial charge in [0.05, 0.1) is 11.9 Å². The molecule has 124 valence electrons. The van der Waals surface area contributed by atoms with Crippen molar-refractivity contribution < 1.29 is 18.4 Å². The van der Waals surface area contributed by atoms with E-state index in [1.54, 1.807) is 14.1 Å². The molecule has 2 aromatic rings. The Bertz CT molecular complexity index is 731. The lowest BCUT2D eigenvalue weighted by Gasteiger charge is -2.09. The van der Waals surface area contributed by atoms with Crippen molar-refractivity contribution in [3.05, 3.63) is 27.4 Å². The average Bonchev–Trinajstić information content (AvgIpc) is 3.05. The maximum atomic E-state index is 12.6. The SMILES string of the molecule is CN(C)C(=O)Cn1cc(NC(=O)c2nc(Cl)c(C(F)F)s2)cn1. The fraction of sp³-hybridized carbons (Fsp3) is 0.333. The highest BCUT2D eigenvalue weighted by atomic mass is 35.5. The molecule has 11 heteroatoms. The Morgan fingerprint density at radius 2 is 2.17 bits per heavy atom. The third kappa shape index (κ3) is 4.23. The fourth-order valence-electron chi connectivity index (χ4n) is 1.52. The highest BCUT2D eigenvalue weighted by molar-refractivity contribution is 7.14. The third-order valence-corrected chi connectivity index (χ3v) is 4.15. The number of anilines is 1. The number of nitrogens with one attached hydrogen (secondary N) is 1. The molecule has 23 heavy (non-hydrogen) atoms. The molecule has 0 fully saturated rings. The van der Waals surface area contributed by atoms with E-state index in [9.17, 15) is 18.4 Å². The lowest BCUT2D eigenvalue weighted by Crippen LogP contribution is -2.26. The van der Waals surface area contributed by atoms with Crippen LogP contribution in [0.15, 0.2) is 12.4 Å². The molecule has 2 aromatic heterocycles. The van der Waals surface area contributed by atoms with Crippen LogP contribution >= 0.6 is 22.9 Å². The largest absolute Gasteiger partial charge is 0.347 e. The summed E-state index contributed by atoms with van der Waals surface area (Å²) in [5.74, 6) is -0.846. The number of alkyl halides is 2. The molecule has 0 saturated heterocycles. The van der Waals surface area contributed by atoms with Crippen molar-refractivity contribution in [1.29, 1.82) is 0 Å². The van der Waals surface area contributed by atoms with Crippen LogP contribution in [0.5, 0.6) is 0 Å². The van der Waals surface area contributed by atoms with Gasteiger partial charge in [-0.25, -0.2) is 13.8 Å². The van der Waals surface area contributed by atoms with E-state index in [4.69, 9.17) is 11.6 Å². The van der Waals surface area contributed by atoms with E-state index < -0.39 is 17.2 Å². The lowest BCUT2D eigenvalue weighted by molar-refractivity contribution is -0.129. The molecule has 7 nitrogen and oxygen atoms in total. The number of likely N-dealkylation sites (N-methyl/N-ethyl adjacent to an activating group) is 1. The van der Waals surface area contributed by atoms with Gasteiger partial charge in [-0.15, -0.1) is 11.3 Å². The summed E-state index contributed by atoms with van der Waals surface area (Å²) in [6.07, 6.45) is -0.00608. The number of hydrogen-bond donors (Lipinski definition) is 1. The van der Waals surface area contributed by atoms with Crippen molar-refractivity contribution in [2.45, 2.75) is 13.0 Å². The van der Waals surface area contributed by atoms with Gasteiger partial charge in [0.25, 0.3) is 12.3 Å². The van der Waals surface area contributed by atoms with Crippen LogP contribution in [0.2, 0.25) is 5.15 Å². The lowest BCUT2D eigenvalue weighted by atomic mass is 10.5. The number of carbonyl (C=O) groups excluding carboxylic acids is 2. The van der Waals surface area contributed by atoms with Gasteiger partial charge < -0.3 is 10.2 Å². The molecule has 0 radical (unpaired) electrons. The second-order valence-electron chi connectivity index (χ2n) is 4.64. The summed E-state index contributed by atoms with van der Waals surface area (Å²) in [6.45, 7) is 0.0154. The number of rotatable bonds is 5. The summed E-state index contributed by atoms with van der Waals surface area (Å²) in [5.41, 5.74) is 0.312. The first-order valence-electron chi connectivity index (χ1n) is 6.26. The summed E-state index contributed by atoms with van der Waals surface area (Å²) >= 11 is 6.08. The molecular weight excluding hydrogens is 352 g/mol. The van der Waals surface area contributed by atoms with E-state index in [0.29, 0.717) is 17.0 Å². The Labute approximate surface area is 138 Å². The number of hydrogen-bond acceptors (Lipinski definition) is 5. The summed E-state index contributed by atoms with van der Waals surface area (Å²) in [7, 11) is 3.22. The summed E-state index contributed by atoms with van der Waals surface area (Å²) in [4.78, 5) is 28.1. The first kappa shape index (κ1) is 17.3. The van der Waals surface area contributed by atoms with Crippen LogP contribution in [0.25, 0.3) is 0 Å². The van der Waals surface area contributed by atoms with E-state index in [1.165, 1.54) is 22.0 Å². The first-order valence-corrected chi connectivity index (χ1v) is 7.45. The maximum absolute atomic E-state index is 12.6. The molecule has 0 atom stereocenters. The predicted octanol–water partition coefficient (Wildman–Crippen LogP) is 2.27. The van der Waals surface area contributed by atoms with Crippen molar-refractivity contribution >= 4 is 40.4 Å². The van der Waals surface area contributed by atoms with Gasteiger partial charge in [-0.2, -0.15) is 5.10 Å². The predicted molar refractivity (Wildman–Crippen MR) is 81.0 cm³/mol. The summed E-state index contributed by atoms with van der Waals surface area (Å²) in [6, 6.07) is 0. The van der Waals surface area contributed by atoms with Crippen molar-refractivity contribution in [1.82, 2.24) is 19.7 Å². The topological polar surface area (TPSA) is 80.1 Å². The molecule has 0 aliphatic heterocycles. The van der Waals surface area contributed by atoms with E-state index in [0.717, 1.165) is 0 Å². The molecule has 2 rings (SSSR count). The minimum Gasteiger partial charge on any atom is -0.347 e. The van der Waals surface area contributed by atoms with Crippen molar-refractivity contribution in [2.75, 3.05) is 19.4 Å². The number of nitrogens with zero attached hydrogens (tertiary/aromatic N) is 4. The van der Waals surface area contributed by atoms with Gasteiger partial charge in [0, 0.05) is 20.3 Å². The van der Waals surface area contributed by atoms with Gasteiger partial charge in [0.1, 0.15) is 16.6 Å². The van der Waals surface area contributed by atoms with Crippen LogP contribution in [0.3, 0.4) is 0 Å². The van der Waals surface area contributed by atoms with Crippen LogP contribution in [-0.2, 0) is 11.3 Å². The van der Waals surface area contributed by atoms with Crippen LogP contribution < -0.4 is 5.32 Å². The smallest absolute Gasteiger partial charge is 0.284 e. The van der Waals surface area contributed by atoms with Crippen molar-refractivity contribution in [3.63, 3.8) is 0 Å². The Balaban J connectivity index is 2.05. The summed E-state index contributed by atoms with van der Waals surface area (Å²) in [5, 5.41) is 5.82. The zero-order valence-corrected chi connectivity index (χ0v) is 13.7. The number of thiazole rings is 1. The Hall–Kier alpha value is -2.07. The monoisotopic (exact) mass is 363 g/mol. The molecule has 0 bridgehead atoms. The Kier molecular flexibility index (Phi) is 5.26. The highest BCUT2D eigenvalue weighted by Crippen LogP contribution is 2.32. The van der Waals surface area contributed by atoms with E-state index in [2.05, 4.69) is 15.4 Å². The molecule has 2 heterocycles. The van der Waals surface area contributed by atoms with Crippen LogP contribution in [0.1, 0.15) is 21.1 Å². The van der Waals surface area contributed by atoms with Gasteiger partial charge in [0.2, 0.25) is 5.91 Å². The molecule has 1 N–H and O–H groups in total. The zero-order chi connectivity index (χ0) is 17.1. The zero-order valence-electron chi connectivity index (χ0n) is 12.1. The fourth-order valence-corrected chi connectivity index (χ4v) is 2.56. The van der Waals surface area contributed by atoms with Gasteiger partial charge in [-0.05, 0) is 0 Å². The summed E-state index contributed by atoms with van der Waals surface area (Å²) < 4.78 is 26.6. The molecule has 0 spiro atoms. The highest BCUT2D eigenvalue weighted by Gasteiger charge is 2.22. The second-order valence-corrected chi connectivity index (χ2v) is 6.03. The van der Waals surface area contributed by atoms with Gasteiger partial charge in [-0.3, -0.25) is 14.3 Å². The minimum atomic E-state index is -2.79. The molecule has 0 aromatic carbocycles. The Morgan fingerprint density at radius 3 is 2.74 bits per heavy atom. The third-order valence-electron chi connectivity index (χ3n) is 2.69. The first-order chi connectivity index (χ1) is 10.8. The second kappa shape index (κ2) is 7.01. The van der Waals surface area contributed by atoms with E-state index in [1.807, 2.05) is 0 Å².